The molecule has 0 spiro atoms. The number of aliphatic hydroxyl groups excluding tert-OH is 1. The Morgan fingerprint density at radius 3 is 2.24 bits per heavy atom. The number of benzene rings is 2. The number of sulfonamides is 1. The lowest BCUT2D eigenvalue weighted by atomic mass is 10.1. The van der Waals surface area contributed by atoms with Gasteiger partial charge in [0.15, 0.2) is 6.10 Å². The zero-order valence-corrected chi connectivity index (χ0v) is 16.7. The number of aryl methyl sites for hydroxylation is 1. The number of hydrogen-bond donors (Lipinski definition) is 1. The van der Waals surface area contributed by atoms with E-state index in [-0.39, 0.29) is 31.1 Å². The maximum Gasteiger partial charge on any atom is 0.256 e. The zero-order valence-electron chi connectivity index (χ0n) is 15.9. The largest absolute Gasteiger partial charge is 0.378 e. The third-order valence-corrected chi connectivity index (χ3v) is 7.23. The summed E-state index contributed by atoms with van der Waals surface area (Å²) >= 11 is 0. The summed E-state index contributed by atoms with van der Waals surface area (Å²) in [6.07, 6.45) is -1.24. The fraction of sp³-hybridized carbons (Fsp3) is 0.286. The van der Waals surface area contributed by atoms with Crippen LogP contribution in [0, 0.1) is 12.7 Å². The van der Waals surface area contributed by atoms with Crippen molar-refractivity contribution in [3.05, 3.63) is 76.6 Å². The smallest absolute Gasteiger partial charge is 0.256 e. The highest BCUT2D eigenvalue weighted by atomic mass is 32.2. The van der Waals surface area contributed by atoms with Crippen LogP contribution in [0.3, 0.4) is 0 Å². The molecule has 8 heteroatoms. The minimum Gasteiger partial charge on any atom is -0.378 e. The molecular formula is C21H21FN2O4S. The Morgan fingerprint density at radius 1 is 1.03 bits per heavy atom. The van der Waals surface area contributed by atoms with Crippen molar-refractivity contribution < 1.29 is 22.7 Å². The molecule has 2 heterocycles. The summed E-state index contributed by atoms with van der Waals surface area (Å²) in [7, 11) is -3.82. The minimum absolute atomic E-state index is 0.0748. The molecule has 1 atom stereocenters. The molecule has 0 radical (unpaired) electrons. The van der Waals surface area contributed by atoms with Crippen molar-refractivity contribution >= 4 is 15.9 Å². The van der Waals surface area contributed by atoms with E-state index in [0.29, 0.717) is 11.1 Å². The van der Waals surface area contributed by atoms with Gasteiger partial charge in [-0.1, -0.05) is 36.4 Å². The van der Waals surface area contributed by atoms with Crippen molar-refractivity contribution in [2.24, 2.45) is 0 Å². The Balaban J connectivity index is 1.44. The van der Waals surface area contributed by atoms with Crippen molar-refractivity contribution in [2.75, 3.05) is 26.2 Å². The first-order valence-electron chi connectivity index (χ1n) is 9.25. The highest BCUT2D eigenvalue weighted by molar-refractivity contribution is 7.89. The van der Waals surface area contributed by atoms with Crippen LogP contribution in [-0.2, 0) is 14.8 Å². The van der Waals surface area contributed by atoms with E-state index < -0.39 is 27.9 Å². The molecule has 2 aromatic carbocycles. The van der Waals surface area contributed by atoms with Gasteiger partial charge in [-0.25, -0.2) is 12.8 Å². The summed E-state index contributed by atoms with van der Waals surface area (Å²) in [5.74, 6) is -0.960. The van der Waals surface area contributed by atoms with Crippen molar-refractivity contribution in [1.82, 2.24) is 9.21 Å². The minimum atomic E-state index is -3.82. The lowest BCUT2D eigenvalue weighted by molar-refractivity contribution is -0.139. The molecule has 1 amide bonds. The molecule has 0 fully saturated rings. The SMILES string of the molecule is Cc1ccc(S(=O)(=O)N2CC3=C(CN(C(=O)[C@H](O)c4ccccc4)C3)C2)cc1F. The van der Waals surface area contributed by atoms with Gasteiger partial charge in [0.1, 0.15) is 5.82 Å². The molecule has 0 unspecified atom stereocenters. The van der Waals surface area contributed by atoms with Crippen molar-refractivity contribution in [3.63, 3.8) is 0 Å². The first kappa shape index (κ1) is 19.8. The molecule has 0 aliphatic carbocycles. The van der Waals surface area contributed by atoms with Gasteiger partial charge in [-0.15, -0.1) is 0 Å². The highest BCUT2D eigenvalue weighted by Crippen LogP contribution is 2.31. The summed E-state index contributed by atoms with van der Waals surface area (Å²) in [4.78, 5) is 14.1. The Bertz CT molecular complexity index is 1080. The number of rotatable bonds is 4. The lowest BCUT2D eigenvalue weighted by Gasteiger charge is -2.24. The molecule has 0 saturated heterocycles. The van der Waals surface area contributed by atoms with Crippen LogP contribution in [0.2, 0.25) is 0 Å². The van der Waals surface area contributed by atoms with Crippen LogP contribution in [-0.4, -0.2) is 54.8 Å². The van der Waals surface area contributed by atoms with Crippen LogP contribution in [0.25, 0.3) is 0 Å². The number of nitrogens with zero attached hydrogens (tertiary/aromatic N) is 2. The molecule has 2 aliphatic rings. The molecule has 0 aromatic heterocycles. The average molecular weight is 416 g/mol. The zero-order chi connectivity index (χ0) is 20.8. The number of hydrogen-bond acceptors (Lipinski definition) is 4. The van der Waals surface area contributed by atoms with E-state index in [2.05, 4.69) is 0 Å². The van der Waals surface area contributed by atoms with Crippen LogP contribution in [0.1, 0.15) is 17.2 Å². The van der Waals surface area contributed by atoms with Gasteiger partial charge in [0, 0.05) is 26.2 Å². The molecule has 2 aliphatic heterocycles. The Morgan fingerprint density at radius 2 is 1.66 bits per heavy atom. The second-order valence-electron chi connectivity index (χ2n) is 7.40. The second kappa shape index (κ2) is 7.37. The predicted octanol–water partition coefficient (Wildman–Crippen LogP) is 2.01. The molecule has 2 aromatic rings. The summed E-state index contributed by atoms with van der Waals surface area (Å²) in [6, 6.07) is 12.6. The van der Waals surface area contributed by atoms with Gasteiger partial charge < -0.3 is 10.0 Å². The molecule has 1 N–H and O–H groups in total. The predicted molar refractivity (Wildman–Crippen MR) is 105 cm³/mol. The van der Waals surface area contributed by atoms with Crippen molar-refractivity contribution in [1.29, 1.82) is 0 Å². The molecule has 152 valence electrons. The van der Waals surface area contributed by atoms with E-state index in [1.807, 2.05) is 6.07 Å². The van der Waals surface area contributed by atoms with E-state index in [0.717, 1.165) is 17.2 Å². The van der Waals surface area contributed by atoms with Gasteiger partial charge in [0.2, 0.25) is 10.0 Å². The van der Waals surface area contributed by atoms with Crippen LogP contribution in [0.4, 0.5) is 4.39 Å². The van der Waals surface area contributed by atoms with Gasteiger partial charge in [0.05, 0.1) is 4.90 Å². The van der Waals surface area contributed by atoms with Crippen LogP contribution in [0.5, 0.6) is 0 Å². The van der Waals surface area contributed by atoms with Gasteiger partial charge in [-0.05, 0) is 41.3 Å². The summed E-state index contributed by atoms with van der Waals surface area (Å²) < 4.78 is 40.8. The number of carbonyl (C=O) groups is 1. The topological polar surface area (TPSA) is 77.9 Å². The number of carbonyl (C=O) groups excluding carboxylic acids is 1. The Kier molecular flexibility index (Phi) is 5.02. The number of amides is 1. The molecule has 4 rings (SSSR count). The van der Waals surface area contributed by atoms with Gasteiger partial charge in [-0.2, -0.15) is 4.31 Å². The maximum atomic E-state index is 13.8. The monoisotopic (exact) mass is 416 g/mol. The first-order chi connectivity index (χ1) is 13.8. The van der Waals surface area contributed by atoms with Crippen molar-refractivity contribution in [2.45, 2.75) is 17.9 Å². The fourth-order valence-electron chi connectivity index (χ4n) is 3.71. The fourth-order valence-corrected chi connectivity index (χ4v) is 5.15. The van der Waals surface area contributed by atoms with E-state index in [4.69, 9.17) is 0 Å². The Labute approximate surface area is 168 Å². The highest BCUT2D eigenvalue weighted by Gasteiger charge is 2.39. The number of halogens is 1. The van der Waals surface area contributed by atoms with Gasteiger partial charge in [-0.3, -0.25) is 4.79 Å². The van der Waals surface area contributed by atoms with Gasteiger partial charge in [0.25, 0.3) is 5.91 Å². The standard InChI is InChI=1S/C21H21FN2O4S/c1-14-7-8-18(9-19(14)22)29(27,28)24-12-16-10-23(11-17(16)13-24)21(26)20(25)15-5-3-2-4-6-15/h2-9,20,25H,10-13H2,1H3/t20-/m1/s1. The van der Waals surface area contributed by atoms with E-state index >= 15 is 0 Å². The second-order valence-corrected chi connectivity index (χ2v) is 9.34. The molecular weight excluding hydrogens is 395 g/mol. The quantitative estimate of drug-likeness (QED) is 0.774. The van der Waals surface area contributed by atoms with Crippen molar-refractivity contribution in [3.8, 4) is 0 Å². The first-order valence-corrected chi connectivity index (χ1v) is 10.7. The Hall–Kier alpha value is -2.55. The third-order valence-electron chi connectivity index (χ3n) is 5.44. The van der Waals surface area contributed by atoms with Crippen LogP contribution >= 0.6 is 0 Å². The summed E-state index contributed by atoms with van der Waals surface area (Å²) in [5, 5.41) is 10.3. The van der Waals surface area contributed by atoms with Crippen LogP contribution in [0.15, 0.2) is 64.6 Å². The molecule has 6 nitrogen and oxygen atoms in total. The molecule has 0 saturated carbocycles. The maximum absolute atomic E-state index is 13.8. The third kappa shape index (κ3) is 3.59. The summed E-state index contributed by atoms with van der Waals surface area (Å²) in [6.45, 7) is 2.47. The molecule has 0 bridgehead atoms. The average Bonchev–Trinajstić information content (AvgIpc) is 3.29. The van der Waals surface area contributed by atoms with E-state index in [1.54, 1.807) is 31.2 Å². The summed E-state index contributed by atoms with van der Waals surface area (Å²) in [5.41, 5.74) is 2.62. The lowest BCUT2D eigenvalue weighted by Crippen LogP contribution is -2.38. The van der Waals surface area contributed by atoms with E-state index in [1.165, 1.54) is 21.3 Å². The molecule has 29 heavy (non-hydrogen) atoms. The van der Waals surface area contributed by atoms with Crippen LogP contribution < -0.4 is 0 Å². The van der Waals surface area contributed by atoms with Gasteiger partial charge >= 0.3 is 0 Å². The van der Waals surface area contributed by atoms with E-state index in [9.17, 15) is 22.7 Å². The number of aliphatic hydroxyl groups is 1. The normalized spacial score (nSPS) is 18.2.